The summed E-state index contributed by atoms with van der Waals surface area (Å²) in [7, 11) is 0. The van der Waals surface area contributed by atoms with E-state index in [1.54, 1.807) is 0 Å². The van der Waals surface area contributed by atoms with Crippen molar-refractivity contribution in [2.45, 2.75) is 43.4 Å². The molecule has 0 saturated carbocycles. The first-order valence-electron chi connectivity index (χ1n) is 8.66. The molecule has 2 N–H and O–H groups in total. The summed E-state index contributed by atoms with van der Waals surface area (Å²) < 4.78 is 32.0. The quantitative estimate of drug-likeness (QED) is 0.834. The number of rotatable bonds is 5. The van der Waals surface area contributed by atoms with Crippen molar-refractivity contribution < 1.29 is 23.4 Å². The van der Waals surface area contributed by atoms with Gasteiger partial charge in [-0.05, 0) is 5.56 Å². The Morgan fingerprint density at radius 3 is 2.64 bits per heavy atom. The number of hydrogen-bond donors (Lipinski definition) is 2. The molecule has 138 valence electrons. The van der Waals surface area contributed by atoms with Crippen LogP contribution in [0.4, 0.5) is 8.78 Å². The summed E-state index contributed by atoms with van der Waals surface area (Å²) in [6, 6.07) is 8.90. The van der Waals surface area contributed by atoms with Gasteiger partial charge in [0.2, 0.25) is 5.91 Å². The van der Waals surface area contributed by atoms with E-state index < -0.39 is 24.2 Å². The first-order valence-corrected chi connectivity index (χ1v) is 8.66. The number of benzene rings is 1. The van der Waals surface area contributed by atoms with Gasteiger partial charge in [0.25, 0.3) is 5.92 Å². The summed E-state index contributed by atoms with van der Waals surface area (Å²) in [5.74, 6) is -2.75. The zero-order valence-electron chi connectivity index (χ0n) is 14.0. The van der Waals surface area contributed by atoms with E-state index in [0.717, 1.165) is 5.56 Å². The Labute approximate surface area is 146 Å². The second-order valence-corrected chi connectivity index (χ2v) is 6.86. The molecule has 0 aliphatic carbocycles. The molecule has 2 heterocycles. The molecule has 2 aliphatic heterocycles. The van der Waals surface area contributed by atoms with Crippen molar-refractivity contribution in [2.75, 3.05) is 26.2 Å². The van der Waals surface area contributed by atoms with Gasteiger partial charge < -0.3 is 20.1 Å². The maximum absolute atomic E-state index is 13.2. The lowest BCUT2D eigenvalue weighted by Gasteiger charge is -2.33. The van der Waals surface area contributed by atoms with Crippen LogP contribution in [0.2, 0.25) is 0 Å². The SMILES string of the molecule is O=C(Cc1ccccc1)N[C@H]1CO[C@@H](CN2CCC(F)(F)CC2)[C@@H]1O. The van der Waals surface area contributed by atoms with Gasteiger partial charge in [0, 0.05) is 32.5 Å². The molecule has 1 aromatic carbocycles. The predicted octanol–water partition coefficient (Wildman–Crippen LogP) is 1.20. The number of piperidine rings is 1. The molecule has 1 amide bonds. The average Bonchev–Trinajstić information content (AvgIpc) is 2.91. The number of carbonyl (C=O) groups excluding carboxylic acids is 1. The molecule has 25 heavy (non-hydrogen) atoms. The molecule has 1 aromatic rings. The summed E-state index contributed by atoms with van der Waals surface area (Å²) in [5, 5.41) is 13.2. The van der Waals surface area contributed by atoms with E-state index in [1.807, 2.05) is 35.2 Å². The highest BCUT2D eigenvalue weighted by Gasteiger charge is 2.40. The molecule has 0 radical (unpaired) electrons. The molecule has 2 saturated heterocycles. The monoisotopic (exact) mass is 354 g/mol. The van der Waals surface area contributed by atoms with Gasteiger partial charge in [-0.2, -0.15) is 0 Å². The van der Waals surface area contributed by atoms with E-state index in [0.29, 0.717) is 19.6 Å². The molecule has 5 nitrogen and oxygen atoms in total. The Hall–Kier alpha value is -1.57. The largest absolute Gasteiger partial charge is 0.388 e. The van der Waals surface area contributed by atoms with Crippen molar-refractivity contribution in [2.24, 2.45) is 0 Å². The molecule has 0 bridgehead atoms. The van der Waals surface area contributed by atoms with Crippen LogP contribution in [0.15, 0.2) is 30.3 Å². The van der Waals surface area contributed by atoms with Crippen LogP contribution in [0.25, 0.3) is 0 Å². The second kappa shape index (κ2) is 7.76. The second-order valence-electron chi connectivity index (χ2n) is 6.86. The van der Waals surface area contributed by atoms with Crippen LogP contribution >= 0.6 is 0 Å². The van der Waals surface area contributed by atoms with Gasteiger partial charge in [-0.25, -0.2) is 8.78 Å². The van der Waals surface area contributed by atoms with E-state index >= 15 is 0 Å². The van der Waals surface area contributed by atoms with Crippen molar-refractivity contribution in [1.82, 2.24) is 10.2 Å². The number of likely N-dealkylation sites (tertiary alicyclic amines) is 1. The summed E-state index contributed by atoms with van der Waals surface area (Å²) in [4.78, 5) is 14.0. The van der Waals surface area contributed by atoms with E-state index in [-0.39, 0.29) is 31.8 Å². The van der Waals surface area contributed by atoms with Gasteiger partial charge in [0.1, 0.15) is 6.10 Å². The minimum Gasteiger partial charge on any atom is -0.388 e. The fourth-order valence-electron chi connectivity index (χ4n) is 3.33. The predicted molar refractivity (Wildman–Crippen MR) is 88.4 cm³/mol. The van der Waals surface area contributed by atoms with Gasteiger partial charge in [0.05, 0.1) is 25.2 Å². The number of aliphatic hydroxyl groups is 1. The lowest BCUT2D eigenvalue weighted by atomic mass is 10.0. The number of ether oxygens (including phenoxy) is 1. The van der Waals surface area contributed by atoms with Crippen LogP contribution in [0.1, 0.15) is 18.4 Å². The van der Waals surface area contributed by atoms with Crippen molar-refractivity contribution in [3.63, 3.8) is 0 Å². The average molecular weight is 354 g/mol. The zero-order chi connectivity index (χ0) is 17.9. The van der Waals surface area contributed by atoms with Crippen molar-refractivity contribution in [1.29, 1.82) is 0 Å². The van der Waals surface area contributed by atoms with E-state index in [1.165, 1.54) is 0 Å². The highest BCUT2D eigenvalue weighted by Crippen LogP contribution is 2.28. The summed E-state index contributed by atoms with van der Waals surface area (Å²) in [5.41, 5.74) is 0.902. The first-order chi connectivity index (χ1) is 11.9. The van der Waals surface area contributed by atoms with Gasteiger partial charge in [-0.1, -0.05) is 30.3 Å². The molecule has 7 heteroatoms. The highest BCUT2D eigenvalue weighted by atomic mass is 19.3. The number of carbonyl (C=O) groups is 1. The molecule has 2 aliphatic rings. The maximum atomic E-state index is 13.2. The standard InChI is InChI=1S/C18H24F2N2O3/c19-18(20)6-8-22(9-7-18)11-15-17(24)14(12-25-15)21-16(23)10-13-4-2-1-3-5-13/h1-5,14-15,17,24H,6-12H2,(H,21,23)/t14-,15-,17+/m0/s1. The highest BCUT2D eigenvalue weighted by molar-refractivity contribution is 5.79. The lowest BCUT2D eigenvalue weighted by molar-refractivity contribution is -0.121. The molecule has 2 fully saturated rings. The molecule has 3 rings (SSSR count). The molecule has 0 unspecified atom stereocenters. The summed E-state index contributed by atoms with van der Waals surface area (Å²) >= 11 is 0. The van der Waals surface area contributed by atoms with Crippen LogP contribution in [0, 0.1) is 0 Å². The van der Waals surface area contributed by atoms with Crippen LogP contribution < -0.4 is 5.32 Å². The van der Waals surface area contributed by atoms with Gasteiger partial charge in [0.15, 0.2) is 0 Å². The number of aliphatic hydroxyl groups excluding tert-OH is 1. The topological polar surface area (TPSA) is 61.8 Å². The smallest absolute Gasteiger partial charge is 0.250 e. The zero-order valence-corrected chi connectivity index (χ0v) is 14.0. The Balaban J connectivity index is 1.45. The number of hydrogen-bond acceptors (Lipinski definition) is 4. The van der Waals surface area contributed by atoms with Crippen molar-refractivity contribution in [3.05, 3.63) is 35.9 Å². The summed E-state index contributed by atoms with van der Waals surface area (Å²) in [6.07, 6.45) is -1.37. The first kappa shape index (κ1) is 18.2. The Kier molecular flexibility index (Phi) is 5.66. The fourth-order valence-corrected chi connectivity index (χ4v) is 3.33. The van der Waals surface area contributed by atoms with Gasteiger partial charge >= 0.3 is 0 Å². The molecular formula is C18H24F2N2O3. The van der Waals surface area contributed by atoms with Crippen LogP contribution in [-0.2, 0) is 16.0 Å². The van der Waals surface area contributed by atoms with Crippen molar-refractivity contribution >= 4 is 5.91 Å². The van der Waals surface area contributed by atoms with Crippen LogP contribution in [0.3, 0.4) is 0 Å². The number of nitrogens with one attached hydrogen (secondary N) is 1. The number of nitrogens with zero attached hydrogens (tertiary/aromatic N) is 1. The maximum Gasteiger partial charge on any atom is 0.250 e. The molecular weight excluding hydrogens is 330 g/mol. The third-order valence-corrected chi connectivity index (χ3v) is 4.86. The van der Waals surface area contributed by atoms with Gasteiger partial charge in [-0.15, -0.1) is 0 Å². The summed E-state index contributed by atoms with van der Waals surface area (Å²) in [6.45, 7) is 1.23. The number of amides is 1. The van der Waals surface area contributed by atoms with E-state index in [4.69, 9.17) is 4.74 Å². The fraction of sp³-hybridized carbons (Fsp3) is 0.611. The van der Waals surface area contributed by atoms with Crippen LogP contribution in [0.5, 0.6) is 0 Å². The van der Waals surface area contributed by atoms with Crippen LogP contribution in [-0.4, -0.2) is 66.3 Å². The number of alkyl halides is 2. The van der Waals surface area contributed by atoms with Crippen molar-refractivity contribution in [3.8, 4) is 0 Å². The molecule has 0 aromatic heterocycles. The minimum absolute atomic E-state index is 0.160. The Morgan fingerprint density at radius 1 is 1.28 bits per heavy atom. The Morgan fingerprint density at radius 2 is 1.96 bits per heavy atom. The third kappa shape index (κ3) is 4.96. The molecule has 0 spiro atoms. The van der Waals surface area contributed by atoms with E-state index in [2.05, 4.69) is 5.32 Å². The lowest BCUT2D eigenvalue weighted by Crippen LogP contribution is -2.49. The van der Waals surface area contributed by atoms with Gasteiger partial charge in [-0.3, -0.25) is 4.79 Å². The molecule has 3 atom stereocenters. The Bertz CT molecular complexity index is 575. The van der Waals surface area contributed by atoms with E-state index in [9.17, 15) is 18.7 Å². The number of halogens is 2. The minimum atomic E-state index is -2.58. The third-order valence-electron chi connectivity index (χ3n) is 4.86. The normalized spacial score (nSPS) is 29.5.